The summed E-state index contributed by atoms with van der Waals surface area (Å²) in [4.78, 5) is 24.5. The van der Waals surface area contributed by atoms with Crippen molar-refractivity contribution in [1.82, 2.24) is 9.88 Å². The molecule has 0 fully saturated rings. The number of carbonyl (C=O) groups excluding carboxylic acids is 2. The Bertz CT molecular complexity index is 894. The van der Waals surface area contributed by atoms with E-state index in [2.05, 4.69) is 15.2 Å². The molecule has 27 heavy (non-hydrogen) atoms. The number of rotatable bonds is 8. The first-order valence-electron chi connectivity index (χ1n) is 8.25. The Morgan fingerprint density at radius 3 is 2.48 bits per heavy atom. The second-order valence-corrected chi connectivity index (χ2v) is 7.52. The Balaban J connectivity index is 1.98. The number of anilines is 1. The fourth-order valence-corrected chi connectivity index (χ4v) is 3.36. The first-order chi connectivity index (χ1) is 12.7. The van der Waals surface area contributed by atoms with Crippen LogP contribution in [0.3, 0.4) is 0 Å². The summed E-state index contributed by atoms with van der Waals surface area (Å²) >= 11 is 0. The molecular weight excluding hydrogens is 374 g/mol. The van der Waals surface area contributed by atoms with Crippen LogP contribution in [-0.4, -0.2) is 37.6 Å². The SMILES string of the molecule is CCC(OC(=O)[C@H](C)NS(=O)(=O)c1ccccc1)C(=O)Nc1cc(C)on1. The first-order valence-corrected chi connectivity index (χ1v) is 9.73. The number of carbonyl (C=O) groups is 2. The van der Waals surface area contributed by atoms with Crippen LogP contribution in [0.15, 0.2) is 45.8 Å². The van der Waals surface area contributed by atoms with Crippen LogP contribution in [0.2, 0.25) is 0 Å². The summed E-state index contributed by atoms with van der Waals surface area (Å²) in [5.74, 6) is -0.741. The van der Waals surface area contributed by atoms with Crippen LogP contribution in [0.1, 0.15) is 26.0 Å². The van der Waals surface area contributed by atoms with Gasteiger partial charge >= 0.3 is 5.97 Å². The second kappa shape index (κ2) is 8.78. The largest absolute Gasteiger partial charge is 0.451 e. The average molecular weight is 395 g/mol. The maximum Gasteiger partial charge on any atom is 0.324 e. The molecule has 1 amide bonds. The topological polar surface area (TPSA) is 128 Å². The van der Waals surface area contributed by atoms with Gasteiger partial charge in [-0.2, -0.15) is 4.72 Å². The summed E-state index contributed by atoms with van der Waals surface area (Å²) in [5, 5.41) is 6.10. The van der Waals surface area contributed by atoms with Crippen LogP contribution >= 0.6 is 0 Å². The van der Waals surface area contributed by atoms with Crippen molar-refractivity contribution in [2.24, 2.45) is 0 Å². The lowest BCUT2D eigenvalue weighted by Crippen LogP contribution is -2.42. The zero-order valence-electron chi connectivity index (χ0n) is 15.1. The fraction of sp³-hybridized carbons (Fsp3) is 0.353. The number of nitrogens with zero attached hydrogens (tertiary/aromatic N) is 1. The number of nitrogens with one attached hydrogen (secondary N) is 2. The van der Waals surface area contributed by atoms with E-state index in [1.807, 2.05) is 0 Å². The number of benzene rings is 1. The summed E-state index contributed by atoms with van der Waals surface area (Å²) < 4.78 is 36.8. The van der Waals surface area contributed by atoms with Crippen molar-refractivity contribution in [2.45, 2.75) is 44.2 Å². The molecular formula is C17H21N3O6S. The Kier molecular flexibility index (Phi) is 6.70. The standard InChI is InChI=1S/C17H21N3O6S/c1-4-14(16(21)18-15-10-11(2)26-19-15)25-17(22)12(3)20-27(23,24)13-8-6-5-7-9-13/h5-10,12,14,20H,4H2,1-3H3,(H,18,19,21)/t12-,14?/m0/s1. The van der Waals surface area contributed by atoms with Crippen LogP contribution in [0.4, 0.5) is 5.82 Å². The van der Waals surface area contributed by atoms with Gasteiger partial charge in [-0.1, -0.05) is 30.3 Å². The molecule has 0 radical (unpaired) electrons. The molecule has 1 unspecified atom stereocenters. The van der Waals surface area contributed by atoms with Crippen molar-refractivity contribution in [3.8, 4) is 0 Å². The lowest BCUT2D eigenvalue weighted by atomic mass is 10.2. The van der Waals surface area contributed by atoms with E-state index in [1.54, 1.807) is 32.0 Å². The Labute approximate surface area is 157 Å². The van der Waals surface area contributed by atoms with Gasteiger partial charge in [-0.05, 0) is 32.4 Å². The van der Waals surface area contributed by atoms with E-state index in [0.29, 0.717) is 5.76 Å². The molecule has 2 atom stereocenters. The minimum absolute atomic E-state index is 0.0239. The maximum atomic E-state index is 12.3. The monoisotopic (exact) mass is 395 g/mol. The molecule has 0 saturated heterocycles. The van der Waals surface area contributed by atoms with E-state index in [-0.39, 0.29) is 17.1 Å². The molecule has 9 nitrogen and oxygen atoms in total. The minimum Gasteiger partial charge on any atom is -0.451 e. The number of aromatic nitrogens is 1. The van der Waals surface area contributed by atoms with Gasteiger partial charge in [0, 0.05) is 6.07 Å². The molecule has 0 aliphatic heterocycles. The molecule has 0 aliphatic rings. The molecule has 1 aromatic carbocycles. The molecule has 2 rings (SSSR count). The van der Waals surface area contributed by atoms with Crippen LogP contribution in [-0.2, 0) is 24.3 Å². The van der Waals surface area contributed by atoms with Crippen molar-refractivity contribution >= 4 is 27.7 Å². The molecule has 0 spiro atoms. The number of aryl methyl sites for hydroxylation is 1. The zero-order chi connectivity index (χ0) is 20.0. The zero-order valence-corrected chi connectivity index (χ0v) is 15.9. The minimum atomic E-state index is -3.89. The Morgan fingerprint density at radius 2 is 1.93 bits per heavy atom. The third-order valence-electron chi connectivity index (χ3n) is 3.54. The summed E-state index contributed by atoms with van der Waals surface area (Å²) in [6, 6.07) is 7.97. The molecule has 0 saturated carbocycles. The molecule has 146 valence electrons. The molecule has 2 N–H and O–H groups in total. The van der Waals surface area contributed by atoms with Crippen molar-refractivity contribution < 1.29 is 27.3 Å². The van der Waals surface area contributed by atoms with Crippen molar-refractivity contribution in [2.75, 3.05) is 5.32 Å². The Morgan fingerprint density at radius 1 is 1.26 bits per heavy atom. The van der Waals surface area contributed by atoms with Gasteiger partial charge in [0.25, 0.3) is 5.91 Å². The summed E-state index contributed by atoms with van der Waals surface area (Å²) in [6.07, 6.45) is -0.898. The predicted octanol–water partition coefficient (Wildman–Crippen LogP) is 1.61. The highest BCUT2D eigenvalue weighted by atomic mass is 32.2. The number of sulfonamides is 1. The normalized spacial score (nSPS) is 13.6. The number of amides is 1. The quantitative estimate of drug-likeness (QED) is 0.650. The van der Waals surface area contributed by atoms with Gasteiger partial charge in [0.1, 0.15) is 11.8 Å². The van der Waals surface area contributed by atoms with Crippen molar-refractivity contribution in [1.29, 1.82) is 0 Å². The van der Waals surface area contributed by atoms with Crippen LogP contribution < -0.4 is 10.0 Å². The lowest BCUT2D eigenvalue weighted by Gasteiger charge is -2.18. The Hall–Kier alpha value is -2.72. The predicted molar refractivity (Wildman–Crippen MR) is 96.3 cm³/mol. The van der Waals surface area contributed by atoms with Crippen LogP contribution in [0, 0.1) is 6.92 Å². The molecule has 0 bridgehead atoms. The van der Waals surface area contributed by atoms with E-state index in [9.17, 15) is 18.0 Å². The third kappa shape index (κ3) is 5.63. The number of hydrogen-bond donors (Lipinski definition) is 2. The van der Waals surface area contributed by atoms with E-state index >= 15 is 0 Å². The number of esters is 1. The molecule has 1 heterocycles. The summed E-state index contributed by atoms with van der Waals surface area (Å²) in [7, 11) is -3.89. The lowest BCUT2D eigenvalue weighted by molar-refractivity contribution is -0.155. The van der Waals surface area contributed by atoms with E-state index in [0.717, 1.165) is 0 Å². The van der Waals surface area contributed by atoms with Crippen molar-refractivity contribution in [3.63, 3.8) is 0 Å². The van der Waals surface area contributed by atoms with E-state index < -0.39 is 34.0 Å². The van der Waals surface area contributed by atoms with Gasteiger partial charge in [-0.15, -0.1) is 0 Å². The van der Waals surface area contributed by atoms with Gasteiger partial charge < -0.3 is 14.6 Å². The van der Waals surface area contributed by atoms with Gasteiger partial charge in [0.15, 0.2) is 11.9 Å². The molecule has 2 aromatic rings. The van der Waals surface area contributed by atoms with Crippen LogP contribution in [0.5, 0.6) is 0 Å². The number of ether oxygens (including phenoxy) is 1. The first kappa shape index (κ1) is 20.6. The molecule has 1 aromatic heterocycles. The summed E-state index contributed by atoms with van der Waals surface area (Å²) in [6.45, 7) is 4.67. The van der Waals surface area contributed by atoms with Gasteiger partial charge in [-0.25, -0.2) is 8.42 Å². The highest BCUT2D eigenvalue weighted by Gasteiger charge is 2.28. The highest BCUT2D eigenvalue weighted by molar-refractivity contribution is 7.89. The van der Waals surface area contributed by atoms with Gasteiger partial charge in [-0.3, -0.25) is 9.59 Å². The highest BCUT2D eigenvalue weighted by Crippen LogP contribution is 2.11. The molecule has 10 heteroatoms. The van der Waals surface area contributed by atoms with Gasteiger partial charge in [0.05, 0.1) is 4.90 Å². The second-order valence-electron chi connectivity index (χ2n) is 5.80. The third-order valence-corrected chi connectivity index (χ3v) is 5.10. The molecule has 0 aliphatic carbocycles. The average Bonchev–Trinajstić information content (AvgIpc) is 3.04. The smallest absolute Gasteiger partial charge is 0.324 e. The van der Waals surface area contributed by atoms with E-state index in [4.69, 9.17) is 9.26 Å². The van der Waals surface area contributed by atoms with Crippen molar-refractivity contribution in [3.05, 3.63) is 42.2 Å². The van der Waals surface area contributed by atoms with Crippen LogP contribution in [0.25, 0.3) is 0 Å². The van der Waals surface area contributed by atoms with Gasteiger partial charge in [0.2, 0.25) is 10.0 Å². The number of hydrogen-bond acceptors (Lipinski definition) is 7. The fourth-order valence-electron chi connectivity index (χ4n) is 2.15. The summed E-state index contributed by atoms with van der Waals surface area (Å²) in [5.41, 5.74) is 0. The van der Waals surface area contributed by atoms with E-state index in [1.165, 1.54) is 25.1 Å². The maximum absolute atomic E-state index is 12.3.